The van der Waals surface area contributed by atoms with Gasteiger partial charge in [0, 0.05) is 17.4 Å². The Hall–Kier alpha value is -2.33. The van der Waals surface area contributed by atoms with E-state index in [0.717, 1.165) is 35.6 Å². The molecule has 0 saturated carbocycles. The van der Waals surface area contributed by atoms with Crippen molar-refractivity contribution in [2.75, 3.05) is 11.1 Å². The summed E-state index contributed by atoms with van der Waals surface area (Å²) in [5.74, 6) is 0.150. The van der Waals surface area contributed by atoms with E-state index in [-0.39, 0.29) is 15.9 Å². The number of rotatable bonds is 8. The molecule has 0 aliphatic carbocycles. The van der Waals surface area contributed by atoms with Gasteiger partial charge in [-0.2, -0.15) is 13.2 Å². The molecule has 3 rings (SSSR count). The maximum Gasteiger partial charge on any atom is 0.418 e. The van der Waals surface area contributed by atoms with Crippen LogP contribution in [0.2, 0.25) is 0 Å². The van der Waals surface area contributed by atoms with Crippen molar-refractivity contribution >= 4 is 39.3 Å². The fourth-order valence-corrected chi connectivity index (χ4v) is 4.10. The van der Waals surface area contributed by atoms with Gasteiger partial charge in [0.05, 0.1) is 17.0 Å². The Kier molecular flexibility index (Phi) is 7.77. The molecule has 0 bridgehead atoms. The molecular weight excluding hydrogens is 493 g/mol. The first kappa shape index (κ1) is 23.3. The Morgan fingerprint density at radius 2 is 1.90 bits per heavy atom. The predicted molar refractivity (Wildman–Crippen MR) is 118 cm³/mol. The number of amides is 1. The van der Waals surface area contributed by atoms with Gasteiger partial charge < -0.3 is 9.88 Å². The molecule has 2 aromatic carbocycles. The van der Waals surface area contributed by atoms with Crippen LogP contribution in [0.15, 0.2) is 58.2 Å². The Morgan fingerprint density at radius 3 is 2.58 bits per heavy atom. The Balaban J connectivity index is 1.69. The van der Waals surface area contributed by atoms with Crippen LogP contribution >= 0.6 is 27.7 Å². The lowest BCUT2D eigenvalue weighted by atomic mass is 10.1. The molecule has 0 unspecified atom stereocenters. The Morgan fingerprint density at radius 1 is 1.16 bits per heavy atom. The highest BCUT2D eigenvalue weighted by molar-refractivity contribution is 9.10. The van der Waals surface area contributed by atoms with Gasteiger partial charge in [-0.25, -0.2) is 0 Å². The van der Waals surface area contributed by atoms with Crippen molar-refractivity contribution in [1.29, 1.82) is 0 Å². The number of thioether (sulfide) groups is 1. The zero-order valence-corrected chi connectivity index (χ0v) is 19.0. The average Bonchev–Trinajstić information content (AvgIpc) is 3.09. The summed E-state index contributed by atoms with van der Waals surface area (Å²) >= 11 is 4.18. The first-order valence-corrected chi connectivity index (χ1v) is 11.3. The first-order chi connectivity index (χ1) is 14.8. The van der Waals surface area contributed by atoms with Gasteiger partial charge in [-0.3, -0.25) is 4.79 Å². The Bertz CT molecular complexity index is 1040. The summed E-state index contributed by atoms with van der Waals surface area (Å²) < 4.78 is 42.0. The molecule has 10 heteroatoms. The van der Waals surface area contributed by atoms with Crippen LogP contribution in [0.1, 0.15) is 30.3 Å². The fraction of sp³-hybridized carbons (Fsp3) is 0.286. The second kappa shape index (κ2) is 10.3. The average molecular weight is 513 g/mol. The molecule has 164 valence electrons. The van der Waals surface area contributed by atoms with Crippen molar-refractivity contribution in [2.45, 2.75) is 37.6 Å². The van der Waals surface area contributed by atoms with E-state index in [9.17, 15) is 18.0 Å². The quantitative estimate of drug-likeness (QED) is 0.388. The third-order valence-corrected chi connectivity index (χ3v) is 5.80. The molecule has 1 N–H and O–H groups in total. The van der Waals surface area contributed by atoms with E-state index in [2.05, 4.69) is 31.4 Å². The van der Waals surface area contributed by atoms with Crippen LogP contribution in [-0.2, 0) is 23.9 Å². The number of nitrogens with zero attached hydrogens (tertiary/aromatic N) is 3. The number of hydrogen-bond acceptors (Lipinski definition) is 4. The van der Waals surface area contributed by atoms with E-state index < -0.39 is 17.6 Å². The molecule has 0 radical (unpaired) electrons. The van der Waals surface area contributed by atoms with Gasteiger partial charge in [-0.05, 0) is 30.2 Å². The Labute approximate surface area is 190 Å². The molecule has 0 fully saturated rings. The van der Waals surface area contributed by atoms with E-state index in [1.165, 1.54) is 12.1 Å². The number of carbonyl (C=O) groups excluding carboxylic acids is 1. The van der Waals surface area contributed by atoms with Crippen molar-refractivity contribution in [2.24, 2.45) is 0 Å². The van der Waals surface area contributed by atoms with Crippen molar-refractivity contribution in [1.82, 2.24) is 14.8 Å². The second-order valence-corrected chi connectivity index (χ2v) is 8.60. The fourth-order valence-electron chi connectivity index (χ4n) is 2.96. The SMILES string of the molecule is CCCn1c(Cc2ccccc2)nnc1SCC(=O)Nc1ccc(Br)cc1C(F)(F)F. The summed E-state index contributed by atoms with van der Waals surface area (Å²) in [7, 11) is 0. The summed E-state index contributed by atoms with van der Waals surface area (Å²) in [6.07, 6.45) is -3.12. The zero-order chi connectivity index (χ0) is 22.4. The molecule has 31 heavy (non-hydrogen) atoms. The minimum atomic E-state index is -4.58. The molecule has 0 saturated heterocycles. The van der Waals surface area contributed by atoms with Crippen LogP contribution in [-0.4, -0.2) is 26.4 Å². The van der Waals surface area contributed by atoms with Crippen molar-refractivity contribution in [3.05, 3.63) is 70.0 Å². The number of alkyl halides is 3. The first-order valence-electron chi connectivity index (χ1n) is 9.53. The molecule has 3 aromatic rings. The van der Waals surface area contributed by atoms with Crippen LogP contribution in [0.5, 0.6) is 0 Å². The van der Waals surface area contributed by atoms with Crippen LogP contribution in [0.4, 0.5) is 18.9 Å². The van der Waals surface area contributed by atoms with Gasteiger partial charge in [0.15, 0.2) is 5.16 Å². The lowest BCUT2D eigenvalue weighted by Crippen LogP contribution is -2.18. The molecular formula is C21H20BrF3N4OS. The summed E-state index contributed by atoms with van der Waals surface area (Å²) in [6, 6.07) is 13.5. The smallest absolute Gasteiger partial charge is 0.325 e. The molecule has 0 spiro atoms. The largest absolute Gasteiger partial charge is 0.418 e. The third-order valence-electron chi connectivity index (χ3n) is 4.34. The summed E-state index contributed by atoms with van der Waals surface area (Å²) in [4.78, 5) is 12.3. The monoisotopic (exact) mass is 512 g/mol. The summed E-state index contributed by atoms with van der Waals surface area (Å²) in [5.41, 5.74) is -0.0860. The third kappa shape index (κ3) is 6.33. The van der Waals surface area contributed by atoms with Gasteiger partial charge in [-0.1, -0.05) is 64.9 Å². The highest BCUT2D eigenvalue weighted by Gasteiger charge is 2.34. The number of hydrogen-bond donors (Lipinski definition) is 1. The van der Waals surface area contributed by atoms with Crippen molar-refractivity contribution in [3.8, 4) is 0 Å². The molecule has 5 nitrogen and oxygen atoms in total. The van der Waals surface area contributed by atoms with Gasteiger partial charge in [0.2, 0.25) is 5.91 Å². The van der Waals surface area contributed by atoms with Crippen molar-refractivity contribution in [3.63, 3.8) is 0 Å². The number of anilines is 1. The number of nitrogens with one attached hydrogen (secondary N) is 1. The van der Waals surface area contributed by atoms with Gasteiger partial charge >= 0.3 is 6.18 Å². The highest BCUT2D eigenvalue weighted by atomic mass is 79.9. The van der Waals surface area contributed by atoms with Crippen LogP contribution in [0.3, 0.4) is 0 Å². The second-order valence-electron chi connectivity index (χ2n) is 6.74. The summed E-state index contributed by atoms with van der Waals surface area (Å²) in [6.45, 7) is 2.71. The van der Waals surface area contributed by atoms with E-state index in [1.54, 1.807) is 0 Å². The minimum absolute atomic E-state index is 0.0828. The topological polar surface area (TPSA) is 59.8 Å². The molecule has 0 atom stereocenters. The number of halogens is 4. The van der Waals surface area contributed by atoms with Crippen LogP contribution in [0.25, 0.3) is 0 Å². The zero-order valence-electron chi connectivity index (χ0n) is 16.6. The summed E-state index contributed by atoms with van der Waals surface area (Å²) in [5, 5.41) is 11.4. The number of aromatic nitrogens is 3. The van der Waals surface area contributed by atoms with Crippen LogP contribution < -0.4 is 5.32 Å². The van der Waals surface area contributed by atoms with E-state index in [4.69, 9.17) is 0 Å². The molecule has 1 aromatic heterocycles. The maximum atomic E-state index is 13.3. The number of benzene rings is 2. The van der Waals surface area contributed by atoms with E-state index >= 15 is 0 Å². The van der Waals surface area contributed by atoms with Crippen molar-refractivity contribution < 1.29 is 18.0 Å². The van der Waals surface area contributed by atoms with E-state index in [0.29, 0.717) is 18.1 Å². The molecule has 0 aliphatic heterocycles. The van der Waals surface area contributed by atoms with Gasteiger partial charge in [0.25, 0.3) is 0 Å². The van der Waals surface area contributed by atoms with Gasteiger partial charge in [-0.15, -0.1) is 10.2 Å². The highest BCUT2D eigenvalue weighted by Crippen LogP contribution is 2.36. The van der Waals surface area contributed by atoms with Gasteiger partial charge in [0.1, 0.15) is 5.82 Å². The van der Waals surface area contributed by atoms with E-state index in [1.807, 2.05) is 41.8 Å². The molecule has 1 heterocycles. The lowest BCUT2D eigenvalue weighted by Gasteiger charge is -2.14. The normalized spacial score (nSPS) is 11.5. The lowest BCUT2D eigenvalue weighted by molar-refractivity contribution is -0.137. The molecule has 0 aliphatic rings. The minimum Gasteiger partial charge on any atom is -0.325 e. The standard InChI is InChI=1S/C21H20BrF3N4OS/c1-2-10-29-18(11-14-6-4-3-5-7-14)27-28-20(29)31-13-19(30)26-17-9-8-15(22)12-16(17)21(23,24)25/h3-9,12H,2,10-11,13H2,1H3,(H,26,30). The maximum absolute atomic E-state index is 13.3. The predicted octanol–water partition coefficient (Wildman–Crippen LogP) is 5.79. The van der Waals surface area contributed by atoms with Crippen LogP contribution in [0, 0.1) is 0 Å². The molecule has 1 amide bonds. The number of carbonyl (C=O) groups is 1.